The normalized spacial score (nSPS) is 13.4. The van der Waals surface area contributed by atoms with E-state index >= 15 is 0 Å². The molecule has 0 aliphatic rings. The predicted octanol–water partition coefficient (Wildman–Crippen LogP) is 1.00. The third-order valence-corrected chi connectivity index (χ3v) is 4.00. The van der Waals surface area contributed by atoms with E-state index in [-0.39, 0.29) is 13.0 Å². The maximum Gasteiger partial charge on any atom is 0.326 e. The Morgan fingerprint density at radius 2 is 2.00 bits per heavy atom. The van der Waals surface area contributed by atoms with E-state index < -0.39 is 24.0 Å². The van der Waals surface area contributed by atoms with E-state index in [9.17, 15) is 14.7 Å². The van der Waals surface area contributed by atoms with E-state index in [0.717, 1.165) is 0 Å². The number of methoxy groups -OCH3 is 1. The summed E-state index contributed by atoms with van der Waals surface area (Å²) in [7, 11) is 1.51. The van der Waals surface area contributed by atoms with Gasteiger partial charge in [-0.1, -0.05) is 18.2 Å². The van der Waals surface area contributed by atoms with Crippen LogP contribution in [0.5, 0.6) is 0 Å². The van der Waals surface area contributed by atoms with E-state index in [2.05, 4.69) is 5.32 Å². The second-order valence-electron chi connectivity index (χ2n) is 4.70. The fourth-order valence-electron chi connectivity index (χ4n) is 1.75. The first-order chi connectivity index (χ1) is 10.5. The maximum absolute atomic E-state index is 11.9. The molecule has 0 saturated heterocycles. The van der Waals surface area contributed by atoms with Gasteiger partial charge in [-0.3, -0.25) is 4.79 Å². The van der Waals surface area contributed by atoms with Crippen molar-refractivity contribution in [3.05, 3.63) is 35.9 Å². The summed E-state index contributed by atoms with van der Waals surface area (Å²) in [5.41, 5.74) is 0.428. The van der Waals surface area contributed by atoms with Gasteiger partial charge >= 0.3 is 5.97 Å². The molecule has 7 heteroatoms. The van der Waals surface area contributed by atoms with Crippen molar-refractivity contribution in [1.82, 2.24) is 5.32 Å². The molecule has 0 heterocycles. The molecular formula is C15H21NO5S. The van der Waals surface area contributed by atoms with Crippen LogP contribution in [0, 0.1) is 0 Å². The molecule has 122 valence electrons. The number of thioether (sulfide) groups is 1. The zero-order chi connectivity index (χ0) is 16.4. The molecule has 0 spiro atoms. The number of rotatable bonds is 10. The Morgan fingerprint density at radius 3 is 2.59 bits per heavy atom. The predicted molar refractivity (Wildman–Crippen MR) is 85.2 cm³/mol. The van der Waals surface area contributed by atoms with Crippen molar-refractivity contribution >= 4 is 23.6 Å². The number of hydrogen-bond donors (Lipinski definition) is 3. The van der Waals surface area contributed by atoms with Crippen molar-refractivity contribution in [2.45, 2.75) is 18.6 Å². The zero-order valence-electron chi connectivity index (χ0n) is 12.4. The van der Waals surface area contributed by atoms with Gasteiger partial charge in [0.15, 0.2) is 0 Å². The number of benzene rings is 1. The van der Waals surface area contributed by atoms with Gasteiger partial charge in [0.25, 0.3) is 5.91 Å². The Labute approximate surface area is 133 Å². The molecule has 6 nitrogen and oxygen atoms in total. The van der Waals surface area contributed by atoms with Gasteiger partial charge in [0, 0.05) is 18.4 Å². The van der Waals surface area contributed by atoms with Crippen molar-refractivity contribution in [2.24, 2.45) is 0 Å². The first-order valence-corrected chi connectivity index (χ1v) is 8.03. The molecule has 0 bridgehead atoms. The summed E-state index contributed by atoms with van der Waals surface area (Å²) < 4.78 is 4.81. The monoisotopic (exact) mass is 327 g/mol. The topological polar surface area (TPSA) is 95.9 Å². The number of carboxylic acid groups (broad SMARTS) is 1. The lowest BCUT2D eigenvalue weighted by Gasteiger charge is -2.15. The zero-order valence-corrected chi connectivity index (χ0v) is 13.2. The smallest absolute Gasteiger partial charge is 0.326 e. The van der Waals surface area contributed by atoms with Crippen LogP contribution in [0.2, 0.25) is 0 Å². The Morgan fingerprint density at radius 1 is 1.32 bits per heavy atom. The van der Waals surface area contributed by atoms with Crippen LogP contribution >= 0.6 is 11.8 Å². The molecule has 0 saturated carbocycles. The summed E-state index contributed by atoms with van der Waals surface area (Å²) in [5.74, 6) is -0.487. The average Bonchev–Trinajstić information content (AvgIpc) is 2.51. The molecule has 2 atom stereocenters. The Balaban J connectivity index is 2.39. The fourth-order valence-corrected chi connectivity index (χ4v) is 2.69. The lowest BCUT2D eigenvalue weighted by molar-refractivity contribution is -0.139. The molecule has 0 aliphatic carbocycles. The van der Waals surface area contributed by atoms with E-state index in [1.807, 2.05) is 0 Å². The first-order valence-electron chi connectivity index (χ1n) is 6.88. The van der Waals surface area contributed by atoms with E-state index in [4.69, 9.17) is 9.84 Å². The van der Waals surface area contributed by atoms with Gasteiger partial charge in [-0.05, 0) is 24.3 Å². The lowest BCUT2D eigenvalue weighted by atomic mass is 10.1. The van der Waals surface area contributed by atoms with Crippen LogP contribution in [-0.2, 0) is 9.53 Å². The minimum atomic E-state index is -1.07. The summed E-state index contributed by atoms with van der Waals surface area (Å²) in [5, 5.41) is 21.2. The minimum absolute atomic E-state index is 0.250. The number of carbonyl (C=O) groups is 2. The van der Waals surface area contributed by atoms with E-state index in [0.29, 0.717) is 17.1 Å². The lowest BCUT2D eigenvalue weighted by Crippen LogP contribution is -2.41. The molecular weight excluding hydrogens is 306 g/mol. The highest BCUT2D eigenvalue weighted by Gasteiger charge is 2.20. The van der Waals surface area contributed by atoms with Crippen LogP contribution in [0.15, 0.2) is 30.3 Å². The summed E-state index contributed by atoms with van der Waals surface area (Å²) in [6.07, 6.45) is -0.282. The summed E-state index contributed by atoms with van der Waals surface area (Å²) >= 11 is 1.43. The third kappa shape index (κ3) is 6.93. The van der Waals surface area contributed by atoms with Gasteiger partial charge in [-0.2, -0.15) is 11.8 Å². The molecule has 1 aromatic rings. The van der Waals surface area contributed by atoms with Crippen LogP contribution in [0.4, 0.5) is 0 Å². The average molecular weight is 327 g/mol. The minimum Gasteiger partial charge on any atom is -0.480 e. The van der Waals surface area contributed by atoms with Crippen LogP contribution in [0.25, 0.3) is 0 Å². The van der Waals surface area contributed by atoms with Gasteiger partial charge < -0.3 is 20.3 Å². The van der Waals surface area contributed by atoms with Gasteiger partial charge in [0.1, 0.15) is 6.04 Å². The molecule has 0 aromatic heterocycles. The molecule has 0 fully saturated rings. The van der Waals surface area contributed by atoms with E-state index in [1.165, 1.54) is 18.9 Å². The molecule has 2 unspecified atom stereocenters. The molecule has 22 heavy (non-hydrogen) atoms. The Kier molecular flexibility index (Phi) is 8.57. The molecule has 0 radical (unpaired) electrons. The maximum atomic E-state index is 11.9. The molecule has 1 aromatic carbocycles. The Hall–Kier alpha value is -1.57. The van der Waals surface area contributed by atoms with Gasteiger partial charge in [0.05, 0.1) is 12.7 Å². The quantitative estimate of drug-likeness (QED) is 0.555. The molecule has 1 rings (SSSR count). The van der Waals surface area contributed by atoms with Crippen LogP contribution in [-0.4, -0.2) is 59.5 Å². The van der Waals surface area contributed by atoms with Gasteiger partial charge in [0.2, 0.25) is 0 Å². The summed E-state index contributed by atoms with van der Waals surface area (Å²) in [6, 6.07) is 7.54. The highest BCUT2D eigenvalue weighted by atomic mass is 32.2. The van der Waals surface area contributed by atoms with E-state index in [1.54, 1.807) is 30.3 Å². The second-order valence-corrected chi connectivity index (χ2v) is 5.85. The standard InChI is InChI=1S/C15H21NO5S/c1-21-9-12(17)10-22-8-7-13(15(19)20)16-14(18)11-5-3-2-4-6-11/h2-6,12-13,17H,7-10H2,1H3,(H,16,18)(H,19,20). The first kappa shape index (κ1) is 18.5. The van der Waals surface area contributed by atoms with Gasteiger partial charge in [-0.15, -0.1) is 0 Å². The Bertz CT molecular complexity index is 468. The van der Waals surface area contributed by atoms with Crippen molar-refractivity contribution < 1.29 is 24.5 Å². The number of nitrogens with one attached hydrogen (secondary N) is 1. The number of hydrogen-bond acceptors (Lipinski definition) is 5. The SMILES string of the molecule is COCC(O)CSCCC(NC(=O)c1ccccc1)C(=O)O. The van der Waals surface area contributed by atoms with Crippen molar-refractivity contribution in [1.29, 1.82) is 0 Å². The largest absolute Gasteiger partial charge is 0.480 e. The highest BCUT2D eigenvalue weighted by Crippen LogP contribution is 2.08. The van der Waals surface area contributed by atoms with Crippen molar-refractivity contribution in [3.63, 3.8) is 0 Å². The number of aliphatic hydroxyl groups excluding tert-OH is 1. The number of aliphatic carboxylic acids is 1. The van der Waals surface area contributed by atoms with Crippen molar-refractivity contribution in [2.75, 3.05) is 25.2 Å². The number of carboxylic acids is 1. The summed E-state index contributed by atoms with van der Waals surface area (Å²) in [6.45, 7) is 0.250. The van der Waals surface area contributed by atoms with Crippen LogP contribution < -0.4 is 5.32 Å². The molecule has 3 N–H and O–H groups in total. The van der Waals surface area contributed by atoms with Crippen molar-refractivity contribution in [3.8, 4) is 0 Å². The van der Waals surface area contributed by atoms with Gasteiger partial charge in [-0.25, -0.2) is 4.79 Å². The van der Waals surface area contributed by atoms with Crippen LogP contribution in [0.3, 0.4) is 0 Å². The van der Waals surface area contributed by atoms with Crippen LogP contribution in [0.1, 0.15) is 16.8 Å². The fraction of sp³-hybridized carbons (Fsp3) is 0.467. The highest BCUT2D eigenvalue weighted by molar-refractivity contribution is 7.99. The third-order valence-electron chi connectivity index (χ3n) is 2.86. The molecule has 0 aliphatic heterocycles. The number of aliphatic hydroxyl groups is 1. The number of amides is 1. The second kappa shape index (κ2) is 10.2. The number of ether oxygens (including phenoxy) is 1. The number of carbonyl (C=O) groups excluding carboxylic acids is 1. The molecule has 1 amide bonds. The summed E-state index contributed by atoms with van der Waals surface area (Å²) in [4.78, 5) is 23.2.